The van der Waals surface area contributed by atoms with Gasteiger partial charge in [-0.2, -0.15) is 0 Å². The number of carboxylic acid groups (broad SMARTS) is 1. The summed E-state index contributed by atoms with van der Waals surface area (Å²) in [5.74, 6) is -0.899. The fraction of sp³-hybridized carbons (Fsp3) is 0.286. The van der Waals surface area contributed by atoms with Crippen molar-refractivity contribution in [3.8, 4) is 0 Å². The molecule has 0 spiro atoms. The summed E-state index contributed by atoms with van der Waals surface area (Å²) < 4.78 is 0. The largest absolute Gasteiger partial charge is 0.478 e. The molecule has 1 N–H and O–H groups in total. The normalized spacial score (nSPS) is 12.5. The molecule has 0 radical (unpaired) electrons. The van der Waals surface area contributed by atoms with Crippen LogP contribution >= 0.6 is 0 Å². The molecule has 122 valence electrons. The molecular formula is C21H26O2. The number of carboxylic acids is 1. The molecule has 0 fully saturated rings. The quantitative estimate of drug-likeness (QED) is 0.492. The highest BCUT2D eigenvalue weighted by Gasteiger charge is 2.06. The summed E-state index contributed by atoms with van der Waals surface area (Å²) in [5, 5.41) is 9.19. The predicted octanol–water partition coefficient (Wildman–Crippen LogP) is 6.04. The minimum Gasteiger partial charge on any atom is -0.478 e. The van der Waals surface area contributed by atoms with Gasteiger partial charge in [-0.3, -0.25) is 0 Å². The molecule has 1 aromatic rings. The summed E-state index contributed by atoms with van der Waals surface area (Å²) in [6.45, 7) is 8.33. The first-order valence-electron chi connectivity index (χ1n) is 7.88. The Morgan fingerprint density at radius 1 is 1.13 bits per heavy atom. The second-order valence-corrected chi connectivity index (χ2v) is 5.97. The van der Waals surface area contributed by atoms with Gasteiger partial charge in [0.15, 0.2) is 0 Å². The van der Waals surface area contributed by atoms with Crippen LogP contribution in [0, 0.1) is 0 Å². The summed E-state index contributed by atoms with van der Waals surface area (Å²) >= 11 is 0. The van der Waals surface area contributed by atoms with Crippen LogP contribution < -0.4 is 0 Å². The Kier molecular flexibility index (Phi) is 7.82. The summed E-state index contributed by atoms with van der Waals surface area (Å²) in [4.78, 5) is 11.2. The van der Waals surface area contributed by atoms with Crippen LogP contribution in [0.1, 0.15) is 56.5 Å². The van der Waals surface area contributed by atoms with E-state index in [-0.39, 0.29) is 0 Å². The van der Waals surface area contributed by atoms with E-state index in [1.807, 2.05) is 37.3 Å². The second kappa shape index (κ2) is 9.62. The van der Waals surface area contributed by atoms with Gasteiger partial charge >= 0.3 is 5.97 Å². The average molecular weight is 310 g/mol. The average Bonchev–Trinajstić information content (AvgIpc) is 2.47. The smallest absolute Gasteiger partial charge is 0.336 e. The fourth-order valence-electron chi connectivity index (χ4n) is 2.15. The van der Waals surface area contributed by atoms with Crippen molar-refractivity contribution in [1.29, 1.82) is 0 Å². The zero-order valence-corrected chi connectivity index (χ0v) is 14.5. The van der Waals surface area contributed by atoms with Crippen LogP contribution in [0.2, 0.25) is 0 Å². The third kappa shape index (κ3) is 7.46. The molecule has 0 bridgehead atoms. The molecule has 1 aromatic carbocycles. The first-order valence-corrected chi connectivity index (χ1v) is 7.88. The van der Waals surface area contributed by atoms with Crippen LogP contribution in [0.3, 0.4) is 0 Å². The van der Waals surface area contributed by atoms with E-state index in [0.717, 1.165) is 24.0 Å². The second-order valence-electron chi connectivity index (χ2n) is 5.97. The van der Waals surface area contributed by atoms with Gasteiger partial charge in [0, 0.05) is 0 Å². The highest BCUT2D eigenvalue weighted by molar-refractivity contribution is 5.92. The summed E-state index contributed by atoms with van der Waals surface area (Å²) in [5.41, 5.74) is 4.76. The van der Waals surface area contributed by atoms with Gasteiger partial charge < -0.3 is 5.11 Å². The monoisotopic (exact) mass is 310 g/mol. The third-order valence-electron chi connectivity index (χ3n) is 3.41. The summed E-state index contributed by atoms with van der Waals surface area (Å²) in [7, 11) is 0. The first-order chi connectivity index (χ1) is 10.9. The Balaban J connectivity index is 2.73. The predicted molar refractivity (Wildman–Crippen MR) is 98.6 cm³/mol. The van der Waals surface area contributed by atoms with Crippen molar-refractivity contribution in [2.75, 3.05) is 0 Å². The minimum absolute atomic E-state index is 0.327. The van der Waals surface area contributed by atoms with Crippen molar-refractivity contribution in [2.24, 2.45) is 0 Å². The Hall–Kier alpha value is -2.35. The maximum Gasteiger partial charge on any atom is 0.336 e. The zero-order valence-electron chi connectivity index (χ0n) is 14.5. The van der Waals surface area contributed by atoms with Crippen LogP contribution in [0.4, 0.5) is 0 Å². The van der Waals surface area contributed by atoms with Crippen LogP contribution in [0.25, 0.3) is 6.08 Å². The Labute approximate surface area is 139 Å². The van der Waals surface area contributed by atoms with Crippen LogP contribution in [-0.4, -0.2) is 11.1 Å². The van der Waals surface area contributed by atoms with Gasteiger partial charge in [0.1, 0.15) is 0 Å². The van der Waals surface area contributed by atoms with E-state index < -0.39 is 5.97 Å². The van der Waals surface area contributed by atoms with E-state index in [1.165, 1.54) is 11.1 Å². The lowest BCUT2D eigenvalue weighted by Gasteiger charge is -2.01. The number of rotatable bonds is 7. The lowest BCUT2D eigenvalue weighted by atomic mass is 10.0. The zero-order chi connectivity index (χ0) is 17.2. The summed E-state index contributed by atoms with van der Waals surface area (Å²) in [6, 6.07) is 7.03. The van der Waals surface area contributed by atoms with Crippen LogP contribution in [-0.2, 0) is 0 Å². The maximum atomic E-state index is 11.2. The van der Waals surface area contributed by atoms with Gasteiger partial charge in [-0.25, -0.2) is 4.79 Å². The topological polar surface area (TPSA) is 37.3 Å². The van der Waals surface area contributed by atoms with E-state index in [0.29, 0.717) is 5.56 Å². The molecule has 0 aromatic heterocycles. The van der Waals surface area contributed by atoms with Gasteiger partial charge in [0.25, 0.3) is 0 Å². The number of hydrogen-bond donors (Lipinski definition) is 1. The van der Waals surface area contributed by atoms with Crippen molar-refractivity contribution in [2.45, 2.75) is 40.5 Å². The molecule has 0 saturated carbocycles. The molecular weight excluding hydrogens is 284 g/mol. The van der Waals surface area contributed by atoms with Crippen molar-refractivity contribution >= 4 is 12.0 Å². The molecule has 0 aliphatic rings. The minimum atomic E-state index is -0.899. The molecule has 0 aliphatic heterocycles. The maximum absolute atomic E-state index is 11.2. The molecule has 0 unspecified atom stereocenters. The van der Waals surface area contributed by atoms with Crippen molar-refractivity contribution in [3.63, 3.8) is 0 Å². The molecule has 23 heavy (non-hydrogen) atoms. The molecule has 0 aliphatic carbocycles. The lowest BCUT2D eigenvalue weighted by Crippen LogP contribution is -1.98. The van der Waals surface area contributed by atoms with E-state index in [2.05, 4.69) is 32.9 Å². The SMILES string of the molecule is CC(C)=CCCC(C)=CC=CC(C)=Cc1ccccc1C(=O)O. The van der Waals surface area contributed by atoms with Gasteiger partial charge in [-0.15, -0.1) is 0 Å². The van der Waals surface area contributed by atoms with E-state index in [1.54, 1.807) is 12.1 Å². The van der Waals surface area contributed by atoms with E-state index >= 15 is 0 Å². The molecule has 1 rings (SSSR count). The lowest BCUT2D eigenvalue weighted by molar-refractivity contribution is 0.0696. The Morgan fingerprint density at radius 2 is 1.83 bits per heavy atom. The van der Waals surface area contributed by atoms with Gasteiger partial charge in [0.05, 0.1) is 5.56 Å². The van der Waals surface area contributed by atoms with Crippen molar-refractivity contribution < 1.29 is 9.90 Å². The van der Waals surface area contributed by atoms with Gasteiger partial charge in [-0.1, -0.05) is 65.3 Å². The Bertz CT molecular complexity index is 654. The number of benzene rings is 1. The van der Waals surface area contributed by atoms with E-state index in [4.69, 9.17) is 0 Å². The highest BCUT2D eigenvalue weighted by Crippen LogP contribution is 2.14. The molecule has 0 atom stereocenters. The number of hydrogen-bond acceptors (Lipinski definition) is 1. The number of aromatic carboxylic acids is 1. The first kappa shape index (κ1) is 18.7. The highest BCUT2D eigenvalue weighted by atomic mass is 16.4. The summed E-state index contributed by atoms with van der Waals surface area (Å²) in [6.07, 6.45) is 12.4. The third-order valence-corrected chi connectivity index (χ3v) is 3.41. The molecule has 0 saturated heterocycles. The van der Waals surface area contributed by atoms with Crippen molar-refractivity contribution in [1.82, 2.24) is 0 Å². The fourth-order valence-corrected chi connectivity index (χ4v) is 2.15. The molecule has 0 amide bonds. The number of carbonyl (C=O) groups is 1. The van der Waals surface area contributed by atoms with Gasteiger partial charge in [-0.05, 0) is 52.2 Å². The van der Waals surface area contributed by atoms with Crippen molar-refractivity contribution in [3.05, 3.63) is 76.4 Å². The van der Waals surface area contributed by atoms with E-state index in [9.17, 15) is 9.90 Å². The Morgan fingerprint density at radius 3 is 2.48 bits per heavy atom. The molecule has 2 nitrogen and oxygen atoms in total. The number of allylic oxidation sites excluding steroid dienone is 7. The molecule has 0 heterocycles. The van der Waals surface area contributed by atoms with Gasteiger partial charge in [0.2, 0.25) is 0 Å². The van der Waals surface area contributed by atoms with Crippen LogP contribution in [0.5, 0.6) is 0 Å². The standard InChI is InChI=1S/C21H26O2/c1-16(2)9-7-10-17(3)11-8-12-18(4)15-19-13-5-6-14-20(19)21(22)23/h5-6,8-9,11-15H,7,10H2,1-4H3,(H,22,23). The molecule has 2 heteroatoms. The van der Waals surface area contributed by atoms with Crippen LogP contribution in [0.15, 0.2) is 65.3 Å².